The zero-order valence-electron chi connectivity index (χ0n) is 18.7. The summed E-state index contributed by atoms with van der Waals surface area (Å²) in [6.45, 7) is 2.69. The molecule has 0 unspecified atom stereocenters. The van der Waals surface area contributed by atoms with E-state index >= 15 is 0 Å². The average Bonchev–Trinajstić information content (AvgIpc) is 3.15. The summed E-state index contributed by atoms with van der Waals surface area (Å²) in [4.78, 5) is 19.6. The van der Waals surface area contributed by atoms with E-state index in [0.717, 1.165) is 42.2 Å². The van der Waals surface area contributed by atoms with Crippen LogP contribution in [0.3, 0.4) is 0 Å². The molecule has 8 nitrogen and oxygen atoms in total. The van der Waals surface area contributed by atoms with E-state index in [1.807, 2.05) is 6.07 Å². The lowest BCUT2D eigenvalue weighted by Crippen LogP contribution is -2.76. The van der Waals surface area contributed by atoms with E-state index in [9.17, 15) is 13.6 Å². The molecule has 1 N–H and O–H groups in total. The van der Waals surface area contributed by atoms with Gasteiger partial charge in [-0.1, -0.05) is 6.07 Å². The van der Waals surface area contributed by atoms with Gasteiger partial charge in [0.2, 0.25) is 0 Å². The van der Waals surface area contributed by atoms with Crippen molar-refractivity contribution in [2.75, 3.05) is 24.5 Å². The number of hydrogen-bond acceptors (Lipinski definition) is 6. The predicted octanol–water partition coefficient (Wildman–Crippen LogP) is 3.10. The minimum Gasteiger partial charge on any atom is -0.457 e. The summed E-state index contributed by atoms with van der Waals surface area (Å²) in [5.74, 6) is 0.745. The zero-order chi connectivity index (χ0) is 24.0. The average molecular weight is 476 g/mol. The Morgan fingerprint density at radius 2 is 1.80 bits per heavy atom. The Morgan fingerprint density at radius 1 is 1.03 bits per heavy atom. The molecule has 4 aromatic rings. The highest BCUT2D eigenvalue weighted by Gasteiger charge is 2.49. The van der Waals surface area contributed by atoms with Crippen LogP contribution in [-0.2, 0) is 6.54 Å². The maximum absolute atomic E-state index is 14.0. The molecule has 2 saturated heterocycles. The number of hydrogen-bond donors (Lipinski definition) is 1. The van der Waals surface area contributed by atoms with Gasteiger partial charge < -0.3 is 15.0 Å². The first-order chi connectivity index (χ1) is 17.0. The maximum Gasteiger partial charge on any atom is 0.350 e. The molecule has 2 aromatic carbocycles. The third-order valence-corrected chi connectivity index (χ3v) is 6.72. The number of rotatable bonds is 6. The van der Waals surface area contributed by atoms with Crippen molar-refractivity contribution < 1.29 is 13.5 Å². The summed E-state index contributed by atoms with van der Waals surface area (Å²) in [5.41, 5.74) is 0.00838. The van der Waals surface area contributed by atoms with Crippen molar-refractivity contribution in [3.63, 3.8) is 0 Å². The Labute approximate surface area is 199 Å². The van der Waals surface area contributed by atoms with Crippen molar-refractivity contribution in [2.24, 2.45) is 0 Å². The summed E-state index contributed by atoms with van der Waals surface area (Å²) in [6.07, 6.45) is 4.16. The van der Waals surface area contributed by atoms with E-state index < -0.39 is 17.3 Å². The van der Waals surface area contributed by atoms with Crippen molar-refractivity contribution >= 4 is 5.82 Å². The number of nitrogens with one attached hydrogen (secondary N) is 1. The van der Waals surface area contributed by atoms with E-state index in [1.165, 1.54) is 23.5 Å². The van der Waals surface area contributed by atoms with Crippen molar-refractivity contribution in [1.82, 2.24) is 24.6 Å². The van der Waals surface area contributed by atoms with Gasteiger partial charge in [-0.05, 0) is 48.9 Å². The summed E-state index contributed by atoms with van der Waals surface area (Å²) in [7, 11) is 0. The lowest BCUT2D eigenvalue weighted by atomic mass is 9.79. The lowest BCUT2D eigenvalue weighted by molar-refractivity contribution is 0.178. The van der Waals surface area contributed by atoms with Gasteiger partial charge in [0.1, 0.15) is 35.3 Å². The highest BCUT2D eigenvalue weighted by molar-refractivity contribution is 5.52. The monoisotopic (exact) mass is 476 g/mol. The van der Waals surface area contributed by atoms with Crippen LogP contribution in [0.1, 0.15) is 12.0 Å². The van der Waals surface area contributed by atoms with Crippen molar-refractivity contribution in [3.05, 3.63) is 94.8 Å². The molecule has 4 heterocycles. The number of pyridine rings is 1. The molecule has 0 aliphatic carbocycles. The number of nitrogens with zero attached hydrogens (tertiary/aromatic N) is 5. The van der Waals surface area contributed by atoms with Crippen molar-refractivity contribution in [1.29, 1.82) is 0 Å². The van der Waals surface area contributed by atoms with Gasteiger partial charge in [0.15, 0.2) is 0 Å². The van der Waals surface area contributed by atoms with Gasteiger partial charge in [-0.15, -0.1) is 0 Å². The molecule has 0 amide bonds. The fourth-order valence-electron chi connectivity index (χ4n) is 4.55. The Kier molecular flexibility index (Phi) is 5.10. The third kappa shape index (κ3) is 3.75. The standard InChI is InChI=1S/C25H22F2N6O2/c26-21-2-1-3-22(27)20(21)13-31-16-30-33(24(31)34)17-4-6-18(7-5-17)35-19-8-10-29-23(12-19)32-11-9-25(32)14-28-15-25/h1-8,10,12,16,28H,9,11,13-15H2. The van der Waals surface area contributed by atoms with Crippen LogP contribution in [0.5, 0.6) is 11.5 Å². The van der Waals surface area contributed by atoms with E-state index in [2.05, 4.69) is 20.3 Å². The van der Waals surface area contributed by atoms with Gasteiger partial charge >= 0.3 is 5.69 Å². The second kappa shape index (κ2) is 8.31. The Bertz CT molecular complexity index is 1420. The van der Waals surface area contributed by atoms with Crippen LogP contribution < -0.4 is 20.6 Å². The third-order valence-electron chi connectivity index (χ3n) is 6.72. The fraction of sp³-hybridized carbons (Fsp3) is 0.240. The molecule has 0 bridgehead atoms. The van der Waals surface area contributed by atoms with Crippen LogP contribution in [0.25, 0.3) is 5.69 Å². The SMILES string of the molecule is O=c1n(Cc2c(F)cccc2F)cnn1-c1ccc(Oc2ccnc(N3CCC34CNC4)c2)cc1. The highest BCUT2D eigenvalue weighted by atomic mass is 19.1. The van der Waals surface area contributed by atoms with Crippen LogP contribution in [0.4, 0.5) is 14.6 Å². The minimum atomic E-state index is -0.709. The number of aromatic nitrogens is 4. The molecule has 10 heteroatoms. The molecule has 0 saturated carbocycles. The summed E-state index contributed by atoms with van der Waals surface area (Å²) in [5, 5.41) is 7.43. The Hall–Kier alpha value is -4.05. The number of anilines is 1. The first kappa shape index (κ1) is 21.5. The molecule has 178 valence electrons. The quantitative estimate of drug-likeness (QED) is 0.461. The molecule has 0 radical (unpaired) electrons. The molecule has 0 atom stereocenters. The Balaban J connectivity index is 1.18. The van der Waals surface area contributed by atoms with Crippen LogP contribution in [0, 0.1) is 11.6 Å². The second-order valence-electron chi connectivity index (χ2n) is 8.83. The van der Waals surface area contributed by atoms with E-state index in [4.69, 9.17) is 4.74 Å². The smallest absolute Gasteiger partial charge is 0.350 e. The summed E-state index contributed by atoms with van der Waals surface area (Å²) < 4.78 is 36.3. The zero-order valence-corrected chi connectivity index (χ0v) is 18.7. The first-order valence-corrected chi connectivity index (χ1v) is 11.3. The van der Waals surface area contributed by atoms with Crippen LogP contribution in [0.2, 0.25) is 0 Å². The van der Waals surface area contributed by atoms with E-state index in [0.29, 0.717) is 17.2 Å². The molecule has 2 fully saturated rings. The van der Waals surface area contributed by atoms with Crippen LogP contribution in [-0.4, -0.2) is 44.5 Å². The first-order valence-electron chi connectivity index (χ1n) is 11.3. The molecule has 2 aliphatic heterocycles. The van der Waals surface area contributed by atoms with Crippen LogP contribution >= 0.6 is 0 Å². The summed E-state index contributed by atoms with van der Waals surface area (Å²) in [6, 6.07) is 14.2. The highest BCUT2D eigenvalue weighted by Crippen LogP contribution is 2.38. The molecule has 6 rings (SSSR count). The van der Waals surface area contributed by atoms with Gasteiger partial charge in [-0.2, -0.15) is 9.78 Å². The molecule has 2 aromatic heterocycles. The number of ether oxygens (including phenoxy) is 1. The summed E-state index contributed by atoms with van der Waals surface area (Å²) >= 11 is 0. The van der Waals surface area contributed by atoms with Crippen LogP contribution in [0.15, 0.2) is 71.9 Å². The van der Waals surface area contributed by atoms with Gasteiger partial charge in [0, 0.05) is 37.5 Å². The number of benzene rings is 2. The van der Waals surface area contributed by atoms with Gasteiger partial charge in [-0.3, -0.25) is 4.57 Å². The Morgan fingerprint density at radius 3 is 2.46 bits per heavy atom. The van der Waals surface area contributed by atoms with Gasteiger partial charge in [0.25, 0.3) is 0 Å². The van der Waals surface area contributed by atoms with E-state index in [1.54, 1.807) is 36.5 Å². The molecular formula is C25H22F2N6O2. The normalized spacial score (nSPS) is 16.1. The maximum atomic E-state index is 14.0. The van der Waals surface area contributed by atoms with Gasteiger partial charge in [0.05, 0.1) is 17.8 Å². The van der Waals surface area contributed by atoms with Crippen molar-refractivity contribution in [2.45, 2.75) is 18.5 Å². The van der Waals surface area contributed by atoms with Gasteiger partial charge in [-0.25, -0.2) is 18.6 Å². The largest absolute Gasteiger partial charge is 0.457 e. The molecule has 1 spiro atoms. The fourth-order valence-corrected chi connectivity index (χ4v) is 4.55. The molecule has 35 heavy (non-hydrogen) atoms. The molecular weight excluding hydrogens is 454 g/mol. The minimum absolute atomic E-state index is 0.188. The van der Waals surface area contributed by atoms with E-state index in [-0.39, 0.29) is 17.6 Å². The topological polar surface area (TPSA) is 77.2 Å². The predicted molar refractivity (Wildman–Crippen MR) is 125 cm³/mol. The number of halogens is 2. The lowest BCUT2D eigenvalue weighted by Gasteiger charge is -2.59. The molecule has 2 aliphatic rings. The second-order valence-corrected chi connectivity index (χ2v) is 8.83. The van der Waals surface area contributed by atoms with Crippen molar-refractivity contribution in [3.8, 4) is 17.2 Å².